The summed E-state index contributed by atoms with van der Waals surface area (Å²) in [6.45, 7) is 0. The first-order chi connectivity index (χ1) is 14.4. The van der Waals surface area contributed by atoms with Gasteiger partial charge in [-0.2, -0.15) is 0 Å². The highest BCUT2D eigenvalue weighted by Gasteiger charge is 2.26. The van der Waals surface area contributed by atoms with Crippen LogP contribution in [0.4, 0.5) is 0 Å². The lowest BCUT2D eigenvalue weighted by atomic mass is 10.0. The number of hydrogen-bond acceptors (Lipinski definition) is 3. The van der Waals surface area contributed by atoms with Gasteiger partial charge in [-0.25, -0.2) is 0 Å². The van der Waals surface area contributed by atoms with E-state index in [2.05, 4.69) is 10.6 Å². The van der Waals surface area contributed by atoms with Crippen LogP contribution in [0.25, 0.3) is 0 Å². The molecule has 0 aliphatic rings. The number of halogens is 3. The molecule has 30 heavy (non-hydrogen) atoms. The number of benzene rings is 3. The molecule has 0 aliphatic carbocycles. The van der Waals surface area contributed by atoms with E-state index >= 15 is 0 Å². The summed E-state index contributed by atoms with van der Waals surface area (Å²) < 4.78 is 0. The lowest BCUT2D eigenvalue weighted by Crippen LogP contribution is -2.42. The highest BCUT2D eigenvalue weighted by Crippen LogP contribution is 2.26. The Morgan fingerprint density at radius 3 is 2.13 bits per heavy atom. The Morgan fingerprint density at radius 1 is 0.800 bits per heavy atom. The molecule has 5 nitrogen and oxygen atoms in total. The van der Waals surface area contributed by atoms with Crippen LogP contribution in [0, 0.1) is 5.41 Å². The van der Waals surface area contributed by atoms with Crippen LogP contribution >= 0.6 is 34.8 Å². The Morgan fingerprint density at radius 2 is 1.47 bits per heavy atom. The summed E-state index contributed by atoms with van der Waals surface area (Å²) in [6, 6.07) is 18.7. The van der Waals surface area contributed by atoms with Gasteiger partial charge in [-0.3, -0.25) is 15.0 Å². The highest BCUT2D eigenvalue weighted by atomic mass is 35.5. The molecular weight excluding hydrogens is 445 g/mol. The van der Waals surface area contributed by atoms with Gasteiger partial charge in [0.2, 0.25) is 0 Å². The minimum Gasteiger partial charge on any atom is -0.336 e. The number of nitrogens with one attached hydrogen (secondary N) is 3. The molecule has 2 amide bonds. The van der Waals surface area contributed by atoms with Crippen LogP contribution in [0.3, 0.4) is 0 Å². The molecule has 3 aromatic carbocycles. The number of carbonyl (C=O) groups excluding carboxylic acids is 2. The Balaban J connectivity index is 1.89. The Hall–Kier alpha value is -2.86. The van der Waals surface area contributed by atoms with Gasteiger partial charge in [-0.1, -0.05) is 83.3 Å². The number of carbonyl (C=O) groups is 2. The summed E-state index contributed by atoms with van der Waals surface area (Å²) in [5, 5.41) is 14.1. The summed E-state index contributed by atoms with van der Waals surface area (Å²) in [4.78, 5) is 25.8. The van der Waals surface area contributed by atoms with Crippen molar-refractivity contribution >= 4 is 52.5 Å². The first kappa shape index (κ1) is 21.8. The molecule has 0 saturated carbocycles. The van der Waals surface area contributed by atoms with Crippen LogP contribution < -0.4 is 10.6 Å². The van der Waals surface area contributed by atoms with Crippen LogP contribution in [-0.4, -0.2) is 17.6 Å². The molecular formula is C22H16Cl3N3O2. The van der Waals surface area contributed by atoms with E-state index in [1.54, 1.807) is 60.7 Å². The fraction of sp³-hybridized carbons (Fsp3) is 0.0455. The van der Waals surface area contributed by atoms with Crippen molar-refractivity contribution in [2.24, 2.45) is 0 Å². The second-order valence-corrected chi connectivity index (χ2v) is 7.51. The molecule has 1 unspecified atom stereocenters. The molecule has 0 aromatic heterocycles. The normalized spacial score (nSPS) is 11.4. The topological polar surface area (TPSA) is 82.1 Å². The number of amidine groups is 1. The number of rotatable bonds is 5. The van der Waals surface area contributed by atoms with Crippen molar-refractivity contribution in [3.8, 4) is 0 Å². The zero-order valence-electron chi connectivity index (χ0n) is 15.5. The van der Waals surface area contributed by atoms with Crippen LogP contribution in [0.1, 0.15) is 27.5 Å². The molecule has 0 spiro atoms. The molecule has 0 heterocycles. The van der Waals surface area contributed by atoms with E-state index in [1.807, 2.05) is 0 Å². The largest absolute Gasteiger partial charge is 0.336 e. The summed E-state index contributed by atoms with van der Waals surface area (Å²) >= 11 is 18.2. The van der Waals surface area contributed by atoms with Gasteiger partial charge in [0, 0.05) is 5.56 Å². The second kappa shape index (κ2) is 9.76. The first-order valence-corrected chi connectivity index (χ1v) is 9.95. The fourth-order valence-electron chi connectivity index (χ4n) is 2.72. The van der Waals surface area contributed by atoms with Gasteiger partial charge >= 0.3 is 0 Å². The lowest BCUT2D eigenvalue weighted by molar-refractivity contribution is -0.121. The molecule has 3 aromatic rings. The van der Waals surface area contributed by atoms with Gasteiger partial charge in [-0.15, -0.1) is 0 Å². The molecule has 3 N–H and O–H groups in total. The second-order valence-electron chi connectivity index (χ2n) is 6.29. The molecule has 8 heteroatoms. The minimum absolute atomic E-state index is 0.0994. The standard InChI is InChI=1S/C22H16Cl3N3O2/c23-16-9-5-4-8-15(16)21(29)27-19(14-10-11-17(24)18(25)12-14)22(30)28-20(26)13-6-2-1-3-7-13/h1-12,19H,(H,27,29)(H2,26,28,30). The minimum atomic E-state index is -1.13. The third kappa shape index (κ3) is 5.19. The molecule has 0 fully saturated rings. The summed E-state index contributed by atoms with van der Waals surface area (Å²) in [6.07, 6.45) is 0. The van der Waals surface area contributed by atoms with Gasteiger partial charge in [0.1, 0.15) is 11.9 Å². The van der Waals surface area contributed by atoms with Gasteiger partial charge in [0.25, 0.3) is 11.8 Å². The third-order valence-corrected chi connectivity index (χ3v) is 5.31. The van der Waals surface area contributed by atoms with E-state index in [4.69, 9.17) is 40.2 Å². The van der Waals surface area contributed by atoms with Gasteiger partial charge in [-0.05, 0) is 29.8 Å². The summed E-state index contributed by atoms with van der Waals surface area (Å²) in [5.41, 5.74) is 1.15. The van der Waals surface area contributed by atoms with E-state index < -0.39 is 17.9 Å². The van der Waals surface area contributed by atoms with Crippen molar-refractivity contribution in [3.63, 3.8) is 0 Å². The predicted octanol–water partition coefficient (Wildman–Crippen LogP) is 5.26. The van der Waals surface area contributed by atoms with Gasteiger partial charge in [0.05, 0.1) is 20.6 Å². The number of amides is 2. The molecule has 3 rings (SSSR count). The zero-order valence-corrected chi connectivity index (χ0v) is 17.7. The van der Waals surface area contributed by atoms with Gasteiger partial charge < -0.3 is 10.6 Å². The van der Waals surface area contributed by atoms with Crippen molar-refractivity contribution < 1.29 is 9.59 Å². The predicted molar refractivity (Wildman–Crippen MR) is 120 cm³/mol. The molecule has 152 valence electrons. The first-order valence-electron chi connectivity index (χ1n) is 8.82. The van der Waals surface area contributed by atoms with Crippen LogP contribution in [0.2, 0.25) is 15.1 Å². The Bertz CT molecular complexity index is 1100. The smallest absolute Gasteiger partial charge is 0.253 e. The number of hydrogen-bond donors (Lipinski definition) is 3. The maximum absolute atomic E-state index is 13.0. The van der Waals surface area contributed by atoms with Gasteiger partial charge in [0.15, 0.2) is 0 Å². The van der Waals surface area contributed by atoms with E-state index in [0.717, 1.165) is 0 Å². The van der Waals surface area contributed by atoms with E-state index in [-0.39, 0.29) is 21.4 Å². The zero-order chi connectivity index (χ0) is 21.7. The fourth-order valence-corrected chi connectivity index (χ4v) is 3.25. The SMILES string of the molecule is N=C(NC(=O)C(NC(=O)c1ccccc1Cl)c1ccc(Cl)c(Cl)c1)c1ccccc1. The van der Waals surface area contributed by atoms with Crippen LogP contribution in [-0.2, 0) is 4.79 Å². The summed E-state index contributed by atoms with van der Waals surface area (Å²) in [5.74, 6) is -1.25. The van der Waals surface area contributed by atoms with Crippen molar-refractivity contribution in [3.05, 3.63) is 105 Å². The van der Waals surface area contributed by atoms with E-state index in [1.165, 1.54) is 12.1 Å². The van der Waals surface area contributed by atoms with E-state index in [0.29, 0.717) is 16.1 Å². The molecule has 0 aliphatic heterocycles. The maximum Gasteiger partial charge on any atom is 0.253 e. The highest BCUT2D eigenvalue weighted by molar-refractivity contribution is 6.42. The molecule has 0 saturated heterocycles. The van der Waals surface area contributed by atoms with E-state index in [9.17, 15) is 9.59 Å². The van der Waals surface area contributed by atoms with Crippen molar-refractivity contribution in [1.29, 1.82) is 5.41 Å². The Labute approximate surface area is 188 Å². The maximum atomic E-state index is 13.0. The Kier molecular flexibility index (Phi) is 7.11. The monoisotopic (exact) mass is 459 g/mol. The van der Waals surface area contributed by atoms with Crippen molar-refractivity contribution in [2.45, 2.75) is 6.04 Å². The van der Waals surface area contributed by atoms with Crippen LogP contribution in [0.15, 0.2) is 72.8 Å². The lowest BCUT2D eigenvalue weighted by Gasteiger charge is -2.20. The van der Waals surface area contributed by atoms with Crippen molar-refractivity contribution in [1.82, 2.24) is 10.6 Å². The summed E-state index contributed by atoms with van der Waals surface area (Å²) in [7, 11) is 0. The average molecular weight is 461 g/mol. The quantitative estimate of drug-likeness (QED) is 0.358. The average Bonchev–Trinajstić information content (AvgIpc) is 2.74. The van der Waals surface area contributed by atoms with Crippen LogP contribution in [0.5, 0.6) is 0 Å². The van der Waals surface area contributed by atoms with Crippen molar-refractivity contribution in [2.75, 3.05) is 0 Å². The molecule has 0 radical (unpaired) electrons. The third-order valence-electron chi connectivity index (χ3n) is 4.24. The molecule has 0 bridgehead atoms. The molecule has 1 atom stereocenters.